The topological polar surface area (TPSA) is 40.5 Å². The van der Waals surface area contributed by atoms with Crippen LogP contribution in [0.25, 0.3) is 64.6 Å². The molecule has 0 aliphatic heterocycles. The monoisotopic (exact) mass is 543 g/mol. The van der Waals surface area contributed by atoms with E-state index in [2.05, 4.69) is 109 Å². The molecule has 192 valence electrons. The van der Waals surface area contributed by atoms with Crippen molar-refractivity contribution in [1.82, 2.24) is 0 Å². The van der Waals surface area contributed by atoms with Crippen molar-refractivity contribution in [3.05, 3.63) is 133 Å². The van der Waals surface area contributed by atoms with Crippen LogP contribution in [0.1, 0.15) is 0 Å². The lowest BCUT2D eigenvalue weighted by Gasteiger charge is -2.24. The van der Waals surface area contributed by atoms with Crippen molar-refractivity contribution in [1.29, 1.82) is 0 Å². The fourth-order valence-electron chi connectivity index (χ4n) is 7.08. The van der Waals surface area contributed by atoms with Crippen LogP contribution in [0.15, 0.2) is 133 Å². The average Bonchev–Trinajstić information content (AvgIpc) is 3.02. The summed E-state index contributed by atoms with van der Waals surface area (Å²) in [5.74, 6) is 0.186. The molecule has 0 bridgehead atoms. The molecule has 0 aliphatic carbocycles. The summed E-state index contributed by atoms with van der Waals surface area (Å²) in [4.78, 5) is 13.4. The van der Waals surface area contributed by atoms with Gasteiger partial charge in [-0.25, -0.2) is 4.89 Å². The highest BCUT2D eigenvalue weighted by atomic mass is 31.2. The molecule has 2 N–H and O–H groups in total. The molecule has 2 nitrogen and oxygen atoms in total. The van der Waals surface area contributed by atoms with Gasteiger partial charge in [-0.1, -0.05) is 84.9 Å². The Bertz CT molecular complexity index is 2260. The highest BCUT2D eigenvalue weighted by Gasteiger charge is 2.47. The summed E-state index contributed by atoms with van der Waals surface area (Å²) >= 11 is 0. The number of phenolic OH excluding ortho intramolecular Hbond substituents is 1. The van der Waals surface area contributed by atoms with Crippen LogP contribution in [0.5, 0.6) is 5.75 Å². The number of aromatic hydroxyl groups is 1. The number of rotatable bonds is 3. The van der Waals surface area contributed by atoms with Gasteiger partial charge in [0.15, 0.2) is 0 Å². The maximum atomic E-state index is 13.4. The quantitative estimate of drug-likeness (QED) is 0.174. The number of benzene rings is 9. The molecule has 0 heterocycles. The minimum absolute atomic E-state index is 0.186. The highest BCUT2D eigenvalue weighted by molar-refractivity contribution is 7.91. The molecular weight excluding hydrogens is 519 g/mol. The molecule has 0 unspecified atom stereocenters. The van der Waals surface area contributed by atoms with E-state index in [1.54, 1.807) is 12.1 Å². The van der Waals surface area contributed by atoms with Crippen molar-refractivity contribution < 1.29 is 10.00 Å². The Kier molecular flexibility index (Phi) is 4.57. The number of hydrogen-bond acceptors (Lipinski definition) is 2. The maximum Gasteiger partial charge on any atom is 0.239 e. The molecule has 9 aromatic carbocycles. The lowest BCUT2D eigenvalue weighted by Crippen LogP contribution is -2.31. The predicted molar refractivity (Wildman–Crippen MR) is 176 cm³/mol. The molecular formula is C38H24O2P+. The zero-order valence-electron chi connectivity index (χ0n) is 22.0. The van der Waals surface area contributed by atoms with Crippen LogP contribution >= 0.6 is 7.49 Å². The smallest absolute Gasteiger partial charge is 0.239 e. The summed E-state index contributed by atoms with van der Waals surface area (Å²) in [7, 11) is -3.17. The van der Waals surface area contributed by atoms with Gasteiger partial charge in [0, 0.05) is 21.5 Å². The third kappa shape index (κ3) is 3.04. The molecule has 0 atom stereocenters. The molecule has 0 spiro atoms. The molecule has 0 saturated carbocycles. The standard InChI is InChI=1S/C38H23O2P/c39-29-15-17-30(18-16-29)41(40,33-21-13-27-9-7-23-3-1-5-25-11-19-31(33)37(27)35(23)25)34-22-14-28-10-8-24-4-2-6-26-12-20-32(34)38(28)36(24)26/h1-22,40H/p+1. The summed E-state index contributed by atoms with van der Waals surface area (Å²) < 4.78 is 0. The zero-order chi connectivity index (χ0) is 27.3. The Morgan fingerprint density at radius 1 is 0.366 bits per heavy atom. The first-order valence-corrected chi connectivity index (χ1v) is 15.6. The summed E-state index contributed by atoms with van der Waals surface area (Å²) in [6, 6.07) is 46.0. The van der Waals surface area contributed by atoms with E-state index in [1.807, 2.05) is 12.1 Å². The molecule has 0 amide bonds. The fourth-order valence-corrected chi connectivity index (χ4v) is 10.1. The second kappa shape index (κ2) is 8.15. The minimum Gasteiger partial charge on any atom is -0.508 e. The summed E-state index contributed by atoms with van der Waals surface area (Å²) in [5, 5.41) is 27.0. The lowest BCUT2D eigenvalue weighted by atomic mass is 9.94. The molecule has 0 radical (unpaired) electrons. The zero-order valence-corrected chi connectivity index (χ0v) is 22.9. The van der Waals surface area contributed by atoms with Gasteiger partial charge in [0.05, 0.1) is 0 Å². The lowest BCUT2D eigenvalue weighted by molar-refractivity contribution is 0.475. The van der Waals surface area contributed by atoms with Crippen molar-refractivity contribution in [2.75, 3.05) is 0 Å². The van der Waals surface area contributed by atoms with E-state index in [4.69, 9.17) is 0 Å². The van der Waals surface area contributed by atoms with E-state index < -0.39 is 7.49 Å². The Labute approximate surface area is 236 Å². The first-order chi connectivity index (χ1) is 20.1. The maximum absolute atomic E-state index is 13.4. The van der Waals surface area contributed by atoms with Crippen LogP contribution in [-0.4, -0.2) is 10.00 Å². The van der Waals surface area contributed by atoms with E-state index in [1.165, 1.54) is 53.9 Å². The van der Waals surface area contributed by atoms with Crippen molar-refractivity contribution in [2.24, 2.45) is 0 Å². The Morgan fingerprint density at radius 3 is 1.17 bits per heavy atom. The number of hydrogen-bond donors (Lipinski definition) is 2. The fraction of sp³-hybridized carbons (Fsp3) is 0. The van der Waals surface area contributed by atoms with Gasteiger partial charge in [-0.15, -0.1) is 0 Å². The second-order valence-electron chi connectivity index (χ2n) is 11.0. The van der Waals surface area contributed by atoms with Crippen molar-refractivity contribution in [3.8, 4) is 5.75 Å². The average molecular weight is 544 g/mol. The van der Waals surface area contributed by atoms with Gasteiger partial charge in [0.2, 0.25) is 7.49 Å². The molecule has 9 aromatic rings. The second-order valence-corrected chi connectivity index (χ2v) is 13.8. The third-order valence-corrected chi connectivity index (χ3v) is 12.2. The van der Waals surface area contributed by atoms with Crippen LogP contribution in [0, 0.1) is 0 Å². The highest BCUT2D eigenvalue weighted by Crippen LogP contribution is 2.55. The molecule has 0 aromatic heterocycles. The van der Waals surface area contributed by atoms with E-state index in [9.17, 15) is 10.00 Å². The SMILES string of the molecule is Oc1ccc([P+](O)(c2ccc3ccc4cccc5ccc2c3c45)c2ccc3ccc4cccc5ccc2c3c45)cc1. The van der Waals surface area contributed by atoms with Gasteiger partial charge >= 0.3 is 0 Å². The van der Waals surface area contributed by atoms with E-state index >= 15 is 0 Å². The Hall–Kier alpha value is -4.75. The van der Waals surface area contributed by atoms with Gasteiger partial charge in [-0.05, 0) is 91.6 Å². The summed E-state index contributed by atoms with van der Waals surface area (Å²) in [6.07, 6.45) is 0. The number of phenols is 1. The van der Waals surface area contributed by atoms with Crippen molar-refractivity contribution in [2.45, 2.75) is 0 Å². The van der Waals surface area contributed by atoms with Crippen LogP contribution in [0.4, 0.5) is 0 Å². The van der Waals surface area contributed by atoms with Crippen molar-refractivity contribution in [3.63, 3.8) is 0 Å². The van der Waals surface area contributed by atoms with Crippen LogP contribution in [0.3, 0.4) is 0 Å². The van der Waals surface area contributed by atoms with Gasteiger partial charge in [0.1, 0.15) is 21.7 Å². The molecule has 9 rings (SSSR count). The molecule has 41 heavy (non-hydrogen) atoms. The summed E-state index contributed by atoms with van der Waals surface area (Å²) in [5.41, 5.74) is 0. The van der Waals surface area contributed by atoms with E-state index in [0.717, 1.165) is 26.7 Å². The molecule has 0 fully saturated rings. The van der Waals surface area contributed by atoms with Crippen molar-refractivity contribution >= 4 is 88.0 Å². The summed E-state index contributed by atoms with van der Waals surface area (Å²) in [6.45, 7) is 0. The Balaban J connectivity index is 1.46. The van der Waals surface area contributed by atoms with E-state index in [-0.39, 0.29) is 5.75 Å². The van der Waals surface area contributed by atoms with Gasteiger partial charge in [0.25, 0.3) is 0 Å². The first kappa shape index (κ1) is 23.0. The third-order valence-electron chi connectivity index (χ3n) is 8.93. The molecule has 0 aliphatic rings. The van der Waals surface area contributed by atoms with Gasteiger partial charge in [-0.3, -0.25) is 0 Å². The predicted octanol–water partition coefficient (Wildman–Crippen LogP) is 8.39. The Morgan fingerprint density at radius 2 is 0.732 bits per heavy atom. The molecule has 3 heteroatoms. The minimum atomic E-state index is -3.17. The van der Waals surface area contributed by atoms with Gasteiger partial charge < -0.3 is 5.11 Å². The largest absolute Gasteiger partial charge is 0.508 e. The molecule has 0 saturated heterocycles. The van der Waals surface area contributed by atoms with Crippen LogP contribution in [-0.2, 0) is 0 Å². The van der Waals surface area contributed by atoms with Crippen LogP contribution < -0.4 is 15.9 Å². The van der Waals surface area contributed by atoms with Gasteiger partial charge in [-0.2, -0.15) is 0 Å². The van der Waals surface area contributed by atoms with E-state index in [0.29, 0.717) is 0 Å². The van der Waals surface area contributed by atoms with Crippen LogP contribution in [0.2, 0.25) is 0 Å². The first-order valence-electron chi connectivity index (χ1n) is 13.9. The normalized spacial score (nSPS) is 12.6.